The van der Waals surface area contributed by atoms with E-state index in [1.54, 1.807) is 19.2 Å². The van der Waals surface area contributed by atoms with Gasteiger partial charge in [0.15, 0.2) is 0 Å². The summed E-state index contributed by atoms with van der Waals surface area (Å²) >= 11 is 0. The van der Waals surface area contributed by atoms with Gasteiger partial charge in [0, 0.05) is 7.11 Å². The number of hydrogen-bond donors (Lipinski definition) is 2. The molecule has 0 aliphatic rings. The van der Waals surface area contributed by atoms with Crippen molar-refractivity contribution >= 4 is 17.0 Å². The number of rotatable bonds is 3. The summed E-state index contributed by atoms with van der Waals surface area (Å²) in [7, 11) is 1.60. The zero-order valence-electron chi connectivity index (χ0n) is 9.02. The van der Waals surface area contributed by atoms with Crippen molar-refractivity contribution in [3.8, 4) is 0 Å². The van der Waals surface area contributed by atoms with Crippen molar-refractivity contribution in [1.29, 1.82) is 0 Å². The molecule has 2 N–H and O–H groups in total. The Kier molecular flexibility index (Phi) is 2.62. The lowest BCUT2D eigenvalue weighted by molar-refractivity contribution is 0.0697. The van der Waals surface area contributed by atoms with Gasteiger partial charge in [-0.15, -0.1) is 0 Å². The molecule has 1 heterocycles. The Morgan fingerprint density at radius 3 is 2.94 bits per heavy atom. The highest BCUT2D eigenvalue weighted by Gasteiger charge is 2.11. The highest BCUT2D eigenvalue weighted by molar-refractivity contribution is 5.92. The molecule has 5 nitrogen and oxygen atoms in total. The minimum Gasteiger partial charge on any atom is -0.478 e. The van der Waals surface area contributed by atoms with Crippen LogP contribution in [0.3, 0.4) is 0 Å². The van der Waals surface area contributed by atoms with Crippen molar-refractivity contribution in [2.24, 2.45) is 0 Å². The highest BCUT2D eigenvalue weighted by Crippen LogP contribution is 2.18. The van der Waals surface area contributed by atoms with Gasteiger partial charge in [0.25, 0.3) is 0 Å². The van der Waals surface area contributed by atoms with Gasteiger partial charge in [0.1, 0.15) is 11.9 Å². The number of aromatic carboxylic acids is 1. The standard InChI is InChI=1S/C11H12N2O3/c1-6(16-2)10-12-8-4-3-7(11(14)15)5-9(8)13-10/h3-6H,1-2H3,(H,12,13)(H,14,15). The zero-order chi connectivity index (χ0) is 11.7. The average Bonchev–Trinajstić information content (AvgIpc) is 2.70. The first-order valence-corrected chi connectivity index (χ1v) is 4.87. The molecule has 0 bridgehead atoms. The van der Waals surface area contributed by atoms with E-state index >= 15 is 0 Å². The van der Waals surface area contributed by atoms with Crippen molar-refractivity contribution in [3.05, 3.63) is 29.6 Å². The molecule has 1 unspecified atom stereocenters. The molecular formula is C11H12N2O3. The molecule has 1 aromatic heterocycles. The Morgan fingerprint density at radius 1 is 1.56 bits per heavy atom. The Labute approximate surface area is 92.1 Å². The fourth-order valence-corrected chi connectivity index (χ4v) is 1.47. The van der Waals surface area contributed by atoms with Crippen LogP contribution in [0.1, 0.15) is 29.2 Å². The third kappa shape index (κ3) is 1.77. The average molecular weight is 220 g/mol. The number of aromatic nitrogens is 2. The SMILES string of the molecule is COC(C)c1nc2ccc(C(=O)O)cc2[nH]1. The second kappa shape index (κ2) is 3.94. The molecule has 0 radical (unpaired) electrons. The van der Waals surface area contributed by atoms with Crippen LogP contribution < -0.4 is 0 Å². The summed E-state index contributed by atoms with van der Waals surface area (Å²) in [6, 6.07) is 4.78. The molecule has 0 aliphatic heterocycles. The number of imidazole rings is 1. The fourth-order valence-electron chi connectivity index (χ4n) is 1.47. The number of carboxylic acid groups (broad SMARTS) is 1. The van der Waals surface area contributed by atoms with Gasteiger partial charge in [-0.05, 0) is 25.1 Å². The number of carbonyl (C=O) groups is 1. The first-order chi connectivity index (χ1) is 7.61. The van der Waals surface area contributed by atoms with Gasteiger partial charge in [-0.3, -0.25) is 0 Å². The van der Waals surface area contributed by atoms with Crippen LogP contribution in [0.5, 0.6) is 0 Å². The number of aromatic amines is 1. The van der Waals surface area contributed by atoms with Crippen molar-refractivity contribution in [1.82, 2.24) is 9.97 Å². The quantitative estimate of drug-likeness (QED) is 0.829. The summed E-state index contributed by atoms with van der Waals surface area (Å²) in [5.74, 6) is -0.252. The van der Waals surface area contributed by atoms with E-state index in [0.717, 1.165) is 5.52 Å². The normalized spacial score (nSPS) is 12.9. The molecule has 0 saturated carbocycles. The Bertz CT molecular complexity index is 533. The summed E-state index contributed by atoms with van der Waals surface area (Å²) in [6.07, 6.45) is -0.138. The predicted molar refractivity (Wildman–Crippen MR) is 58.5 cm³/mol. The molecule has 84 valence electrons. The minimum absolute atomic E-state index is 0.138. The molecule has 0 amide bonds. The first-order valence-electron chi connectivity index (χ1n) is 4.87. The van der Waals surface area contributed by atoms with Crippen molar-refractivity contribution in [2.75, 3.05) is 7.11 Å². The fraction of sp³-hybridized carbons (Fsp3) is 0.273. The summed E-state index contributed by atoms with van der Waals surface area (Å²) in [4.78, 5) is 18.1. The van der Waals surface area contributed by atoms with E-state index in [2.05, 4.69) is 9.97 Å². The van der Waals surface area contributed by atoms with Crippen molar-refractivity contribution < 1.29 is 14.6 Å². The second-order valence-corrected chi connectivity index (χ2v) is 3.54. The van der Waals surface area contributed by atoms with Crippen molar-refractivity contribution in [3.63, 3.8) is 0 Å². The molecule has 1 aromatic carbocycles. The first kappa shape index (κ1) is 10.6. The number of fused-ring (bicyclic) bond motifs is 1. The number of hydrogen-bond acceptors (Lipinski definition) is 3. The van der Waals surface area contributed by atoms with E-state index in [0.29, 0.717) is 11.3 Å². The number of benzene rings is 1. The van der Waals surface area contributed by atoms with Crippen LogP contribution in [0.25, 0.3) is 11.0 Å². The number of nitrogens with one attached hydrogen (secondary N) is 1. The van der Waals surface area contributed by atoms with Gasteiger partial charge in [-0.1, -0.05) is 0 Å². The van der Waals surface area contributed by atoms with Crippen LogP contribution in [-0.2, 0) is 4.74 Å². The third-order valence-corrected chi connectivity index (χ3v) is 2.49. The molecule has 0 saturated heterocycles. The van der Waals surface area contributed by atoms with E-state index in [9.17, 15) is 4.79 Å². The van der Waals surface area contributed by atoms with Crippen molar-refractivity contribution in [2.45, 2.75) is 13.0 Å². The largest absolute Gasteiger partial charge is 0.478 e. The van der Waals surface area contributed by atoms with Gasteiger partial charge in [-0.2, -0.15) is 0 Å². The maximum Gasteiger partial charge on any atom is 0.335 e. The number of carboxylic acids is 1. The lowest BCUT2D eigenvalue weighted by Gasteiger charge is -2.03. The Morgan fingerprint density at radius 2 is 2.31 bits per heavy atom. The van der Waals surface area contributed by atoms with Gasteiger partial charge in [-0.25, -0.2) is 9.78 Å². The molecule has 0 spiro atoms. The summed E-state index contributed by atoms with van der Waals surface area (Å²) in [5.41, 5.74) is 1.69. The number of H-pyrrole nitrogens is 1. The van der Waals surface area contributed by atoms with Gasteiger partial charge >= 0.3 is 5.97 Å². The van der Waals surface area contributed by atoms with Crippen LogP contribution in [0.2, 0.25) is 0 Å². The maximum atomic E-state index is 10.8. The zero-order valence-corrected chi connectivity index (χ0v) is 9.02. The molecule has 2 rings (SSSR count). The third-order valence-electron chi connectivity index (χ3n) is 2.49. The van der Waals surface area contributed by atoms with Gasteiger partial charge in [0.2, 0.25) is 0 Å². The summed E-state index contributed by atoms with van der Waals surface area (Å²) < 4.78 is 5.13. The van der Waals surface area contributed by atoms with E-state index < -0.39 is 5.97 Å². The molecular weight excluding hydrogens is 208 g/mol. The van der Waals surface area contributed by atoms with Crippen LogP contribution in [0.15, 0.2) is 18.2 Å². The summed E-state index contributed by atoms with van der Waals surface area (Å²) in [5, 5.41) is 8.85. The van der Waals surface area contributed by atoms with Crippen LogP contribution in [-0.4, -0.2) is 28.2 Å². The topological polar surface area (TPSA) is 75.2 Å². The van der Waals surface area contributed by atoms with Crippen LogP contribution in [0, 0.1) is 0 Å². The van der Waals surface area contributed by atoms with E-state index in [1.165, 1.54) is 6.07 Å². The van der Waals surface area contributed by atoms with Crippen LogP contribution >= 0.6 is 0 Å². The predicted octanol–water partition coefficient (Wildman–Crippen LogP) is 1.97. The molecule has 16 heavy (non-hydrogen) atoms. The van der Waals surface area contributed by atoms with E-state index in [-0.39, 0.29) is 11.7 Å². The second-order valence-electron chi connectivity index (χ2n) is 3.54. The van der Waals surface area contributed by atoms with E-state index in [1.807, 2.05) is 6.92 Å². The maximum absolute atomic E-state index is 10.8. The smallest absolute Gasteiger partial charge is 0.335 e. The number of ether oxygens (including phenoxy) is 1. The Hall–Kier alpha value is -1.88. The number of nitrogens with zero attached hydrogens (tertiary/aromatic N) is 1. The van der Waals surface area contributed by atoms with Crippen LogP contribution in [0.4, 0.5) is 0 Å². The minimum atomic E-state index is -0.946. The highest BCUT2D eigenvalue weighted by atomic mass is 16.5. The van der Waals surface area contributed by atoms with Gasteiger partial charge < -0.3 is 14.8 Å². The molecule has 0 fully saturated rings. The summed E-state index contributed by atoms with van der Waals surface area (Å²) in [6.45, 7) is 1.87. The molecule has 5 heteroatoms. The number of methoxy groups -OCH3 is 1. The van der Waals surface area contributed by atoms with E-state index in [4.69, 9.17) is 9.84 Å². The lowest BCUT2D eigenvalue weighted by Crippen LogP contribution is -1.97. The Balaban J connectivity index is 2.49. The van der Waals surface area contributed by atoms with Gasteiger partial charge in [0.05, 0.1) is 16.6 Å². The lowest BCUT2D eigenvalue weighted by atomic mass is 10.2. The molecule has 2 aromatic rings. The monoisotopic (exact) mass is 220 g/mol. The molecule has 1 atom stereocenters. The molecule has 0 aliphatic carbocycles.